The molecule has 0 saturated heterocycles. The SMILES string of the molecule is CCSCCOC(=O)C1=C(C)NC2=C(C(=O)CC(c3ccc(OC)c(OC)c3)C2)C1c1cccc(O)c1. The summed E-state index contributed by atoms with van der Waals surface area (Å²) < 4.78 is 16.4. The Morgan fingerprint density at radius 1 is 1.08 bits per heavy atom. The highest BCUT2D eigenvalue weighted by atomic mass is 32.2. The van der Waals surface area contributed by atoms with E-state index in [1.54, 1.807) is 44.2 Å². The molecule has 2 aromatic carbocycles. The minimum absolute atomic E-state index is 0.0405. The predicted octanol–water partition coefficient (Wildman–Crippen LogP) is 5.07. The average Bonchev–Trinajstić information content (AvgIpc) is 2.89. The van der Waals surface area contributed by atoms with E-state index in [4.69, 9.17) is 14.2 Å². The Bertz CT molecular complexity index is 1250. The Morgan fingerprint density at radius 3 is 2.57 bits per heavy atom. The number of hydrogen-bond acceptors (Lipinski definition) is 8. The summed E-state index contributed by atoms with van der Waals surface area (Å²) in [7, 11) is 3.18. The van der Waals surface area contributed by atoms with Crippen LogP contribution in [-0.2, 0) is 14.3 Å². The van der Waals surface area contributed by atoms with Gasteiger partial charge in [-0.15, -0.1) is 0 Å². The van der Waals surface area contributed by atoms with Crippen LogP contribution in [0.2, 0.25) is 0 Å². The fourth-order valence-corrected chi connectivity index (χ4v) is 5.59. The van der Waals surface area contributed by atoms with Crippen molar-refractivity contribution >= 4 is 23.5 Å². The fraction of sp³-hybridized carbons (Fsp3) is 0.379. The quantitative estimate of drug-likeness (QED) is 0.348. The number of allylic oxidation sites excluding steroid dienone is 3. The number of rotatable bonds is 9. The van der Waals surface area contributed by atoms with Gasteiger partial charge in [0, 0.05) is 35.1 Å². The Morgan fingerprint density at radius 2 is 1.86 bits per heavy atom. The highest BCUT2D eigenvalue weighted by Gasteiger charge is 2.41. The number of phenolic OH excluding ortho intramolecular Hbond substituents is 1. The number of ketones is 1. The first-order chi connectivity index (χ1) is 17.9. The lowest BCUT2D eigenvalue weighted by atomic mass is 9.71. The molecule has 37 heavy (non-hydrogen) atoms. The molecule has 0 radical (unpaired) electrons. The number of aromatic hydroxyl groups is 1. The van der Waals surface area contributed by atoms with Crippen LogP contribution in [-0.4, -0.2) is 49.2 Å². The second-order valence-corrected chi connectivity index (χ2v) is 10.5. The molecule has 0 saturated carbocycles. The van der Waals surface area contributed by atoms with E-state index < -0.39 is 11.9 Å². The summed E-state index contributed by atoms with van der Waals surface area (Å²) >= 11 is 1.70. The number of ether oxygens (including phenoxy) is 3. The van der Waals surface area contributed by atoms with E-state index >= 15 is 0 Å². The van der Waals surface area contributed by atoms with Crippen molar-refractivity contribution in [2.24, 2.45) is 0 Å². The van der Waals surface area contributed by atoms with E-state index in [0.717, 1.165) is 17.0 Å². The lowest BCUT2D eigenvalue weighted by Gasteiger charge is -2.36. The Kier molecular flexibility index (Phi) is 8.48. The smallest absolute Gasteiger partial charge is 0.336 e. The number of esters is 1. The first-order valence-corrected chi connectivity index (χ1v) is 13.5. The van der Waals surface area contributed by atoms with Crippen LogP contribution in [0.1, 0.15) is 49.7 Å². The van der Waals surface area contributed by atoms with Gasteiger partial charge in [0.25, 0.3) is 0 Å². The van der Waals surface area contributed by atoms with Gasteiger partial charge in [0.2, 0.25) is 0 Å². The monoisotopic (exact) mass is 523 g/mol. The van der Waals surface area contributed by atoms with Gasteiger partial charge in [0.1, 0.15) is 12.4 Å². The third kappa shape index (κ3) is 5.64. The summed E-state index contributed by atoms with van der Waals surface area (Å²) in [6.45, 7) is 4.18. The molecule has 0 amide bonds. The van der Waals surface area contributed by atoms with Crippen molar-refractivity contribution < 1.29 is 28.9 Å². The van der Waals surface area contributed by atoms with Gasteiger partial charge in [0.05, 0.1) is 19.8 Å². The molecular formula is C29H33NO6S. The minimum Gasteiger partial charge on any atom is -0.508 e. The summed E-state index contributed by atoms with van der Waals surface area (Å²) in [5.74, 6) is 1.81. The van der Waals surface area contributed by atoms with Crippen LogP contribution in [0, 0.1) is 0 Å². The first kappa shape index (κ1) is 26.7. The highest BCUT2D eigenvalue weighted by Crippen LogP contribution is 2.46. The Balaban J connectivity index is 1.71. The van der Waals surface area contributed by atoms with Crippen LogP contribution >= 0.6 is 11.8 Å². The van der Waals surface area contributed by atoms with Crippen molar-refractivity contribution in [2.75, 3.05) is 32.3 Å². The number of thioether (sulfide) groups is 1. The molecule has 8 heteroatoms. The van der Waals surface area contributed by atoms with Crippen LogP contribution in [0.3, 0.4) is 0 Å². The number of Topliss-reactive ketones (excluding diaryl/α,β-unsaturated/α-hetero) is 1. The molecule has 0 bridgehead atoms. The normalized spacial score (nSPS) is 19.3. The summed E-state index contributed by atoms with van der Waals surface area (Å²) in [5.41, 5.74) is 4.07. The number of dihydropyridines is 1. The van der Waals surface area contributed by atoms with Crippen molar-refractivity contribution in [3.05, 3.63) is 76.1 Å². The molecule has 7 nitrogen and oxygen atoms in total. The molecule has 1 aliphatic heterocycles. The van der Waals surface area contributed by atoms with Gasteiger partial charge in [-0.05, 0) is 60.4 Å². The van der Waals surface area contributed by atoms with Crippen LogP contribution in [0.5, 0.6) is 17.2 Å². The molecule has 2 unspecified atom stereocenters. The number of nitrogens with one attached hydrogen (secondary N) is 1. The van der Waals surface area contributed by atoms with E-state index in [-0.39, 0.29) is 17.5 Å². The molecule has 4 rings (SSSR count). The third-order valence-corrected chi connectivity index (χ3v) is 7.66. The molecule has 2 aliphatic rings. The van der Waals surface area contributed by atoms with E-state index in [1.165, 1.54) is 0 Å². The molecule has 1 heterocycles. The molecule has 196 valence electrons. The second kappa shape index (κ2) is 11.8. The topological polar surface area (TPSA) is 94.1 Å². The van der Waals surface area contributed by atoms with Crippen molar-refractivity contribution in [3.8, 4) is 17.2 Å². The molecule has 1 aliphatic carbocycles. The number of hydrogen-bond donors (Lipinski definition) is 2. The molecule has 2 N–H and O–H groups in total. The fourth-order valence-electron chi connectivity index (χ4n) is 5.11. The maximum absolute atomic E-state index is 13.7. The highest BCUT2D eigenvalue weighted by molar-refractivity contribution is 7.99. The van der Waals surface area contributed by atoms with Crippen LogP contribution < -0.4 is 14.8 Å². The van der Waals surface area contributed by atoms with Gasteiger partial charge in [0.15, 0.2) is 17.3 Å². The first-order valence-electron chi connectivity index (χ1n) is 12.4. The zero-order valence-electron chi connectivity index (χ0n) is 21.6. The third-order valence-electron chi connectivity index (χ3n) is 6.79. The summed E-state index contributed by atoms with van der Waals surface area (Å²) in [6.07, 6.45) is 0.887. The van der Waals surface area contributed by atoms with Gasteiger partial charge in [-0.1, -0.05) is 25.1 Å². The van der Waals surface area contributed by atoms with E-state index in [9.17, 15) is 14.7 Å². The summed E-state index contributed by atoms with van der Waals surface area (Å²) in [6, 6.07) is 12.5. The zero-order valence-corrected chi connectivity index (χ0v) is 22.4. The van der Waals surface area contributed by atoms with Gasteiger partial charge in [-0.2, -0.15) is 11.8 Å². The minimum atomic E-state index is -0.617. The summed E-state index contributed by atoms with van der Waals surface area (Å²) in [4.78, 5) is 27.0. The van der Waals surface area contributed by atoms with Crippen molar-refractivity contribution in [1.29, 1.82) is 0 Å². The van der Waals surface area contributed by atoms with Crippen molar-refractivity contribution in [2.45, 2.75) is 38.5 Å². The Hall–Kier alpha value is -3.39. The van der Waals surface area contributed by atoms with Gasteiger partial charge in [-0.3, -0.25) is 4.79 Å². The largest absolute Gasteiger partial charge is 0.508 e. The lowest BCUT2D eigenvalue weighted by molar-refractivity contribution is -0.138. The maximum atomic E-state index is 13.7. The van der Waals surface area contributed by atoms with Gasteiger partial charge >= 0.3 is 5.97 Å². The predicted molar refractivity (Wildman–Crippen MR) is 144 cm³/mol. The average molecular weight is 524 g/mol. The van der Waals surface area contributed by atoms with Gasteiger partial charge < -0.3 is 24.6 Å². The van der Waals surface area contributed by atoms with Gasteiger partial charge in [-0.25, -0.2) is 4.79 Å². The number of phenols is 1. The molecular weight excluding hydrogens is 490 g/mol. The summed E-state index contributed by atoms with van der Waals surface area (Å²) in [5, 5.41) is 13.6. The van der Waals surface area contributed by atoms with Crippen LogP contribution in [0.15, 0.2) is 65.0 Å². The van der Waals surface area contributed by atoms with E-state index in [2.05, 4.69) is 12.2 Å². The standard InChI is InChI=1S/C29H33NO6S/c1-5-37-12-11-36-29(33)26-17(2)30-22-14-20(18-9-10-24(34-3)25(16-18)35-4)15-23(32)28(22)27(26)19-7-6-8-21(31)13-19/h6-10,13,16,20,27,30-31H,5,11-12,14-15H2,1-4H3. The number of methoxy groups -OCH3 is 2. The second-order valence-electron chi connectivity index (χ2n) is 9.06. The molecule has 0 aromatic heterocycles. The lowest BCUT2D eigenvalue weighted by Crippen LogP contribution is -2.36. The van der Waals surface area contributed by atoms with E-state index in [0.29, 0.717) is 59.1 Å². The molecule has 2 aromatic rings. The Labute approximate surface area is 221 Å². The molecule has 0 fully saturated rings. The number of benzene rings is 2. The number of carbonyl (C=O) groups is 2. The maximum Gasteiger partial charge on any atom is 0.336 e. The molecule has 0 spiro atoms. The van der Waals surface area contributed by atoms with Crippen molar-refractivity contribution in [3.63, 3.8) is 0 Å². The van der Waals surface area contributed by atoms with Crippen LogP contribution in [0.4, 0.5) is 0 Å². The van der Waals surface area contributed by atoms with Crippen LogP contribution in [0.25, 0.3) is 0 Å². The number of carbonyl (C=O) groups excluding carboxylic acids is 2. The zero-order chi connectivity index (χ0) is 26.5. The van der Waals surface area contributed by atoms with E-state index in [1.807, 2.05) is 31.2 Å². The van der Waals surface area contributed by atoms with Crippen molar-refractivity contribution in [1.82, 2.24) is 5.32 Å². The molecule has 2 atom stereocenters.